The number of rotatable bonds is 8. The number of anilines is 1. The van der Waals surface area contributed by atoms with Crippen molar-refractivity contribution in [2.45, 2.75) is 33.2 Å². The van der Waals surface area contributed by atoms with Crippen LogP contribution in [0.3, 0.4) is 0 Å². The topological polar surface area (TPSA) is 51.2 Å². The molecule has 0 spiro atoms. The second-order valence-corrected chi connectivity index (χ2v) is 9.95. The van der Waals surface area contributed by atoms with Gasteiger partial charge in [-0.25, -0.2) is 4.98 Å². The Balaban J connectivity index is 1.98. The van der Waals surface area contributed by atoms with E-state index in [0.29, 0.717) is 22.0 Å². The SMILES string of the molecule is COc1ccc(SC(C(=O)Nc2c(SC)cc(C)nc2SC)c2ccc(C(F)(F)F)cc2)cc1. The third-order valence-corrected chi connectivity index (χ3v) is 7.54. The van der Waals surface area contributed by atoms with E-state index in [1.165, 1.54) is 47.4 Å². The van der Waals surface area contributed by atoms with Crippen LogP contribution >= 0.6 is 35.3 Å². The molecular weight excluding hydrogens is 501 g/mol. The van der Waals surface area contributed by atoms with Crippen LogP contribution in [-0.4, -0.2) is 30.5 Å². The zero-order valence-corrected chi connectivity index (χ0v) is 21.3. The van der Waals surface area contributed by atoms with E-state index in [9.17, 15) is 18.0 Å². The largest absolute Gasteiger partial charge is 0.497 e. The van der Waals surface area contributed by atoms with Gasteiger partial charge in [0.1, 0.15) is 16.0 Å². The second kappa shape index (κ2) is 11.4. The first kappa shape index (κ1) is 26.3. The molecule has 34 heavy (non-hydrogen) atoms. The molecule has 0 radical (unpaired) electrons. The third-order valence-electron chi connectivity index (χ3n) is 4.83. The molecule has 0 aliphatic rings. The quantitative estimate of drug-likeness (QED) is 0.311. The standard InChI is InChI=1S/C24H23F3N2O2S3/c1-14-13-19(32-3)20(23(28-14)33-4)29-22(30)21(34-18-11-9-17(31-2)10-12-18)15-5-7-16(8-6-15)24(25,26)27/h5-13,21H,1-4H3,(H,29,30). The van der Waals surface area contributed by atoms with Crippen LogP contribution in [0.15, 0.2) is 69.4 Å². The molecule has 0 saturated carbocycles. The van der Waals surface area contributed by atoms with Gasteiger partial charge in [-0.15, -0.1) is 35.3 Å². The minimum absolute atomic E-state index is 0.350. The van der Waals surface area contributed by atoms with E-state index in [1.807, 2.05) is 37.6 Å². The normalized spacial score (nSPS) is 12.3. The maximum absolute atomic E-state index is 13.5. The number of pyridine rings is 1. The van der Waals surface area contributed by atoms with Gasteiger partial charge in [-0.1, -0.05) is 12.1 Å². The van der Waals surface area contributed by atoms with Crippen LogP contribution in [0.4, 0.5) is 18.9 Å². The summed E-state index contributed by atoms with van der Waals surface area (Å²) in [6, 6.07) is 13.7. The number of thioether (sulfide) groups is 3. The van der Waals surface area contributed by atoms with Crippen molar-refractivity contribution in [3.63, 3.8) is 0 Å². The predicted molar refractivity (Wildman–Crippen MR) is 134 cm³/mol. The lowest BCUT2D eigenvalue weighted by atomic mass is 10.1. The summed E-state index contributed by atoms with van der Waals surface area (Å²) in [4.78, 5) is 19.7. The highest BCUT2D eigenvalue weighted by molar-refractivity contribution is 8.00. The number of benzene rings is 2. The van der Waals surface area contributed by atoms with Gasteiger partial charge >= 0.3 is 6.18 Å². The first-order valence-corrected chi connectivity index (χ1v) is 13.4. The monoisotopic (exact) mass is 524 g/mol. The Bertz CT molecular complexity index is 1110. The molecule has 0 bridgehead atoms. The highest BCUT2D eigenvalue weighted by Crippen LogP contribution is 2.40. The van der Waals surface area contributed by atoms with E-state index >= 15 is 0 Å². The van der Waals surface area contributed by atoms with Gasteiger partial charge in [0, 0.05) is 15.5 Å². The molecule has 1 N–H and O–H groups in total. The number of hydrogen-bond acceptors (Lipinski definition) is 6. The number of aryl methyl sites for hydroxylation is 1. The molecule has 0 fully saturated rings. The fourth-order valence-corrected chi connectivity index (χ4v) is 5.47. The molecule has 3 rings (SSSR count). The maximum Gasteiger partial charge on any atom is 0.416 e. The number of carbonyl (C=O) groups excluding carboxylic acids is 1. The van der Waals surface area contributed by atoms with Crippen LogP contribution in [-0.2, 0) is 11.0 Å². The number of alkyl halides is 3. The van der Waals surface area contributed by atoms with Gasteiger partial charge in [0.15, 0.2) is 0 Å². The van der Waals surface area contributed by atoms with E-state index in [2.05, 4.69) is 10.3 Å². The van der Waals surface area contributed by atoms with E-state index in [0.717, 1.165) is 27.6 Å². The smallest absolute Gasteiger partial charge is 0.416 e. The number of amides is 1. The van der Waals surface area contributed by atoms with E-state index in [-0.39, 0.29) is 5.91 Å². The molecule has 180 valence electrons. The van der Waals surface area contributed by atoms with Crippen LogP contribution in [0, 0.1) is 6.92 Å². The molecule has 2 aromatic carbocycles. The van der Waals surface area contributed by atoms with Crippen molar-refractivity contribution in [3.8, 4) is 5.75 Å². The summed E-state index contributed by atoms with van der Waals surface area (Å²) in [5.41, 5.74) is 1.13. The Morgan fingerprint density at radius 2 is 1.68 bits per heavy atom. The molecule has 3 aromatic rings. The predicted octanol–water partition coefficient (Wildman–Crippen LogP) is 7.33. The first-order chi connectivity index (χ1) is 16.2. The molecule has 4 nitrogen and oxygen atoms in total. The van der Waals surface area contributed by atoms with Crippen molar-refractivity contribution in [2.75, 3.05) is 24.9 Å². The van der Waals surface area contributed by atoms with E-state index < -0.39 is 17.0 Å². The first-order valence-electron chi connectivity index (χ1n) is 10.0. The lowest BCUT2D eigenvalue weighted by Gasteiger charge is -2.20. The molecule has 1 unspecified atom stereocenters. The van der Waals surface area contributed by atoms with Crippen LogP contribution in [0.1, 0.15) is 22.1 Å². The highest BCUT2D eigenvalue weighted by Gasteiger charge is 2.31. The minimum Gasteiger partial charge on any atom is -0.497 e. The molecule has 1 atom stereocenters. The van der Waals surface area contributed by atoms with Crippen LogP contribution in [0.25, 0.3) is 0 Å². The summed E-state index contributed by atoms with van der Waals surface area (Å²) < 4.78 is 44.4. The lowest BCUT2D eigenvalue weighted by molar-refractivity contribution is -0.137. The van der Waals surface area contributed by atoms with Crippen molar-refractivity contribution in [3.05, 3.63) is 71.4 Å². The van der Waals surface area contributed by atoms with Gasteiger partial charge in [-0.2, -0.15) is 13.2 Å². The average molecular weight is 525 g/mol. The Hall–Kier alpha value is -2.30. The second-order valence-electron chi connectivity index (χ2n) is 7.13. The van der Waals surface area contributed by atoms with Crippen LogP contribution in [0.2, 0.25) is 0 Å². The zero-order valence-electron chi connectivity index (χ0n) is 18.9. The molecule has 1 amide bonds. The van der Waals surface area contributed by atoms with Crippen LogP contribution in [0.5, 0.6) is 5.75 Å². The van der Waals surface area contributed by atoms with Gasteiger partial charge in [-0.05, 0) is 67.5 Å². The fraction of sp³-hybridized carbons (Fsp3) is 0.250. The van der Waals surface area contributed by atoms with E-state index in [4.69, 9.17) is 4.74 Å². The van der Waals surface area contributed by atoms with E-state index in [1.54, 1.807) is 19.2 Å². The number of ether oxygens (including phenoxy) is 1. The lowest BCUT2D eigenvalue weighted by Crippen LogP contribution is -2.20. The number of carbonyl (C=O) groups is 1. The van der Waals surface area contributed by atoms with Gasteiger partial charge in [0.05, 0.1) is 18.4 Å². The summed E-state index contributed by atoms with van der Waals surface area (Å²) in [5.74, 6) is 0.316. The number of nitrogens with zero attached hydrogens (tertiary/aromatic N) is 1. The van der Waals surface area contributed by atoms with Crippen molar-refractivity contribution >= 4 is 46.9 Å². The summed E-state index contributed by atoms with van der Waals surface area (Å²) in [6.45, 7) is 1.88. The van der Waals surface area contributed by atoms with Gasteiger partial charge in [0.25, 0.3) is 0 Å². The molecule has 0 aliphatic heterocycles. The summed E-state index contributed by atoms with van der Waals surface area (Å²) in [6.07, 6.45) is -0.664. The molecule has 1 aromatic heterocycles. The molecule has 1 heterocycles. The van der Waals surface area contributed by atoms with Crippen molar-refractivity contribution < 1.29 is 22.7 Å². The summed E-state index contributed by atoms with van der Waals surface area (Å²) in [5, 5.41) is 2.87. The summed E-state index contributed by atoms with van der Waals surface area (Å²) in [7, 11) is 1.56. The van der Waals surface area contributed by atoms with Crippen molar-refractivity contribution in [1.82, 2.24) is 4.98 Å². The number of methoxy groups -OCH3 is 1. The Kier molecular flexibility index (Phi) is 8.83. The summed E-state index contributed by atoms with van der Waals surface area (Å²) >= 11 is 4.15. The Morgan fingerprint density at radius 1 is 1.03 bits per heavy atom. The van der Waals surface area contributed by atoms with Gasteiger partial charge in [0.2, 0.25) is 5.91 Å². The minimum atomic E-state index is -4.45. The molecule has 10 heteroatoms. The Labute approximate surface area is 209 Å². The number of nitrogens with one attached hydrogen (secondary N) is 1. The highest BCUT2D eigenvalue weighted by atomic mass is 32.2. The Morgan fingerprint density at radius 3 is 2.21 bits per heavy atom. The van der Waals surface area contributed by atoms with Gasteiger partial charge < -0.3 is 10.1 Å². The number of hydrogen-bond donors (Lipinski definition) is 1. The van der Waals surface area contributed by atoms with Crippen molar-refractivity contribution in [1.29, 1.82) is 0 Å². The molecular formula is C24H23F3N2O2S3. The van der Waals surface area contributed by atoms with Crippen LogP contribution < -0.4 is 10.1 Å². The zero-order chi connectivity index (χ0) is 24.9. The average Bonchev–Trinajstić information content (AvgIpc) is 2.83. The molecule has 0 aliphatic carbocycles. The number of halogens is 3. The molecule has 0 saturated heterocycles. The van der Waals surface area contributed by atoms with Crippen molar-refractivity contribution in [2.24, 2.45) is 0 Å². The maximum atomic E-state index is 13.5. The number of aromatic nitrogens is 1. The fourth-order valence-electron chi connectivity index (χ4n) is 3.14. The van der Waals surface area contributed by atoms with Gasteiger partial charge in [-0.3, -0.25) is 4.79 Å². The third kappa shape index (κ3) is 6.43.